The minimum atomic E-state index is -3.83. The number of ether oxygens (including phenoxy) is 1. The Bertz CT molecular complexity index is 1040. The Labute approximate surface area is 176 Å². The lowest BCUT2D eigenvalue weighted by molar-refractivity contribution is -0.156. The van der Waals surface area contributed by atoms with Gasteiger partial charge in [0.1, 0.15) is 0 Å². The highest BCUT2D eigenvalue weighted by molar-refractivity contribution is 7.89. The molecule has 152 valence electrons. The first-order valence-electron chi connectivity index (χ1n) is 9.48. The number of hydrogen-bond donors (Lipinski definition) is 0. The summed E-state index contributed by atoms with van der Waals surface area (Å²) in [6.45, 7) is 0.218. The molecule has 0 spiro atoms. The molecule has 0 aromatic heterocycles. The van der Waals surface area contributed by atoms with Crippen molar-refractivity contribution in [3.05, 3.63) is 77.3 Å². The van der Waals surface area contributed by atoms with Gasteiger partial charge in [0.25, 0.3) is 0 Å². The van der Waals surface area contributed by atoms with Crippen LogP contribution in [-0.2, 0) is 19.6 Å². The number of carbonyl (C=O) groups excluding carboxylic acids is 1. The van der Waals surface area contributed by atoms with Crippen LogP contribution < -0.4 is 0 Å². The number of carbonyl (C=O) groups is 1. The van der Waals surface area contributed by atoms with E-state index < -0.39 is 21.5 Å². The number of sulfonamides is 1. The molecular weight excluding hydrogens is 410 g/mol. The number of fused-ring (bicyclic) bond motifs is 1. The topological polar surface area (TPSA) is 63.7 Å². The Morgan fingerprint density at radius 2 is 1.83 bits per heavy atom. The van der Waals surface area contributed by atoms with Gasteiger partial charge in [0, 0.05) is 17.5 Å². The van der Waals surface area contributed by atoms with Crippen LogP contribution in [0.15, 0.2) is 71.6 Å². The molecule has 0 radical (unpaired) electrons. The summed E-state index contributed by atoms with van der Waals surface area (Å²) in [5.74, 6) is -0.638. The highest BCUT2D eigenvalue weighted by Gasteiger charge is 2.62. The van der Waals surface area contributed by atoms with Gasteiger partial charge in [-0.25, -0.2) is 8.42 Å². The van der Waals surface area contributed by atoms with Gasteiger partial charge in [-0.1, -0.05) is 54.1 Å². The minimum absolute atomic E-state index is 0.210. The molecule has 2 aliphatic rings. The molecule has 0 unspecified atom stereocenters. The number of methoxy groups -OCH3 is 1. The number of allylic oxidation sites excluding steroid dienone is 1. The van der Waals surface area contributed by atoms with Crippen molar-refractivity contribution >= 4 is 27.6 Å². The first kappa shape index (κ1) is 20.1. The molecule has 0 saturated carbocycles. The Balaban J connectivity index is 1.92. The number of esters is 1. The zero-order valence-electron chi connectivity index (χ0n) is 16.0. The van der Waals surface area contributed by atoms with E-state index in [1.54, 1.807) is 54.6 Å². The molecule has 0 bridgehead atoms. The van der Waals surface area contributed by atoms with Crippen molar-refractivity contribution in [2.24, 2.45) is 11.3 Å². The van der Waals surface area contributed by atoms with Gasteiger partial charge in [-0.15, -0.1) is 0 Å². The van der Waals surface area contributed by atoms with E-state index in [2.05, 4.69) is 0 Å². The second kappa shape index (κ2) is 7.59. The van der Waals surface area contributed by atoms with Gasteiger partial charge in [-0.2, -0.15) is 4.31 Å². The number of hydrogen-bond acceptors (Lipinski definition) is 4. The van der Waals surface area contributed by atoms with Crippen LogP contribution >= 0.6 is 11.6 Å². The van der Waals surface area contributed by atoms with Gasteiger partial charge >= 0.3 is 5.97 Å². The summed E-state index contributed by atoms with van der Waals surface area (Å²) >= 11 is 6.07. The second-order valence-corrected chi connectivity index (χ2v) is 9.77. The molecule has 0 amide bonds. The van der Waals surface area contributed by atoms with E-state index in [0.29, 0.717) is 17.9 Å². The van der Waals surface area contributed by atoms with E-state index in [0.717, 1.165) is 5.56 Å². The van der Waals surface area contributed by atoms with Crippen molar-refractivity contribution in [3.8, 4) is 0 Å². The van der Waals surface area contributed by atoms with Crippen LogP contribution in [-0.4, -0.2) is 32.3 Å². The van der Waals surface area contributed by atoms with E-state index in [9.17, 15) is 13.2 Å². The lowest BCUT2D eigenvalue weighted by Gasteiger charge is -2.39. The molecule has 0 N–H and O–H groups in total. The third kappa shape index (κ3) is 3.19. The fourth-order valence-electron chi connectivity index (χ4n) is 4.69. The summed E-state index contributed by atoms with van der Waals surface area (Å²) in [7, 11) is -2.46. The first-order valence-corrected chi connectivity index (χ1v) is 11.3. The number of benzene rings is 2. The van der Waals surface area contributed by atoms with Crippen molar-refractivity contribution in [2.75, 3.05) is 13.7 Å². The number of halogens is 1. The van der Waals surface area contributed by atoms with Crippen LogP contribution in [0.2, 0.25) is 5.02 Å². The van der Waals surface area contributed by atoms with E-state index in [-0.39, 0.29) is 23.3 Å². The number of nitrogens with zero attached hydrogens (tertiary/aromatic N) is 1. The maximum atomic E-state index is 13.6. The van der Waals surface area contributed by atoms with Crippen molar-refractivity contribution < 1.29 is 17.9 Å². The highest BCUT2D eigenvalue weighted by Crippen LogP contribution is 2.57. The van der Waals surface area contributed by atoms with E-state index in [1.807, 2.05) is 12.2 Å². The smallest absolute Gasteiger partial charge is 0.314 e. The molecule has 4 rings (SSSR count). The number of rotatable bonds is 4. The fourth-order valence-corrected chi connectivity index (χ4v) is 6.53. The Morgan fingerprint density at radius 3 is 2.48 bits per heavy atom. The fraction of sp³-hybridized carbons (Fsp3) is 0.318. The Kier molecular flexibility index (Phi) is 5.27. The molecule has 1 aliphatic heterocycles. The molecule has 3 atom stereocenters. The molecule has 7 heteroatoms. The van der Waals surface area contributed by atoms with Crippen LogP contribution in [0, 0.1) is 11.3 Å². The predicted molar refractivity (Wildman–Crippen MR) is 111 cm³/mol. The summed E-state index contributed by atoms with van der Waals surface area (Å²) < 4.78 is 33.9. The maximum Gasteiger partial charge on any atom is 0.314 e. The van der Waals surface area contributed by atoms with Crippen molar-refractivity contribution in [2.45, 2.75) is 23.8 Å². The zero-order chi connectivity index (χ0) is 20.6. The summed E-state index contributed by atoms with van der Waals surface area (Å²) in [6.07, 6.45) is 5.19. The first-order chi connectivity index (χ1) is 13.9. The van der Waals surface area contributed by atoms with E-state index in [1.165, 1.54) is 11.4 Å². The molecule has 1 aliphatic carbocycles. The normalized spacial score (nSPS) is 26.8. The van der Waals surface area contributed by atoms with E-state index >= 15 is 0 Å². The second-order valence-electron chi connectivity index (χ2n) is 7.45. The average Bonchev–Trinajstić information content (AvgIpc) is 3.11. The molecule has 1 fully saturated rings. The lowest BCUT2D eigenvalue weighted by atomic mass is 9.66. The molecule has 5 nitrogen and oxygen atoms in total. The van der Waals surface area contributed by atoms with Crippen molar-refractivity contribution in [1.29, 1.82) is 0 Å². The van der Waals surface area contributed by atoms with Crippen LogP contribution in [0.3, 0.4) is 0 Å². The monoisotopic (exact) mass is 431 g/mol. The molecule has 1 heterocycles. The van der Waals surface area contributed by atoms with Gasteiger partial charge in [-0.3, -0.25) is 4.79 Å². The van der Waals surface area contributed by atoms with Gasteiger partial charge in [0.05, 0.1) is 23.5 Å². The van der Waals surface area contributed by atoms with Crippen LogP contribution in [0.5, 0.6) is 0 Å². The lowest BCUT2D eigenvalue weighted by Crippen LogP contribution is -2.44. The zero-order valence-corrected chi connectivity index (χ0v) is 17.6. The van der Waals surface area contributed by atoms with Crippen molar-refractivity contribution in [3.63, 3.8) is 0 Å². The van der Waals surface area contributed by atoms with Crippen LogP contribution in [0.1, 0.15) is 24.4 Å². The summed E-state index contributed by atoms with van der Waals surface area (Å²) in [4.78, 5) is 13.3. The summed E-state index contributed by atoms with van der Waals surface area (Å²) in [5.41, 5.74) is -0.240. The Morgan fingerprint density at radius 1 is 1.14 bits per heavy atom. The minimum Gasteiger partial charge on any atom is -0.469 e. The molecule has 2 aromatic carbocycles. The van der Waals surface area contributed by atoms with Crippen LogP contribution in [0.25, 0.3) is 0 Å². The third-order valence-electron chi connectivity index (χ3n) is 6.01. The molecular formula is C22H22ClNO4S. The standard InChI is InChI=1S/C22H22ClNO4S/c1-28-21(25)22-14-6-5-7-17(22)15-24(20(22)16-10-12-18(23)13-11-16)29(26,27)19-8-3-2-4-9-19/h2-5,7-13,17,20H,6,14-15H2,1H3/t17-,20+,22-/m1/s1. The summed E-state index contributed by atoms with van der Waals surface area (Å²) in [6, 6.07) is 14.7. The van der Waals surface area contributed by atoms with Gasteiger partial charge in [0.15, 0.2) is 0 Å². The highest BCUT2D eigenvalue weighted by atomic mass is 35.5. The van der Waals surface area contributed by atoms with Gasteiger partial charge in [0.2, 0.25) is 10.0 Å². The quantitative estimate of drug-likeness (QED) is 0.537. The SMILES string of the molecule is COC(=O)[C@]12CCC=C[C@@H]1CN(S(=O)(=O)c1ccccc1)[C@H]2c1ccc(Cl)cc1. The summed E-state index contributed by atoms with van der Waals surface area (Å²) in [5, 5.41) is 0.552. The van der Waals surface area contributed by atoms with Crippen molar-refractivity contribution in [1.82, 2.24) is 4.31 Å². The Hall–Kier alpha value is -2.15. The molecule has 2 aromatic rings. The third-order valence-corrected chi connectivity index (χ3v) is 8.11. The van der Waals surface area contributed by atoms with E-state index in [4.69, 9.17) is 16.3 Å². The maximum absolute atomic E-state index is 13.6. The average molecular weight is 432 g/mol. The predicted octanol–water partition coefficient (Wildman–Crippen LogP) is 4.21. The molecule has 29 heavy (non-hydrogen) atoms. The largest absolute Gasteiger partial charge is 0.469 e. The van der Waals surface area contributed by atoms with Gasteiger partial charge < -0.3 is 4.74 Å². The molecule has 1 saturated heterocycles. The van der Waals surface area contributed by atoms with Crippen LogP contribution in [0.4, 0.5) is 0 Å². The van der Waals surface area contributed by atoms with Gasteiger partial charge in [-0.05, 0) is 42.7 Å².